The van der Waals surface area contributed by atoms with E-state index in [1.807, 2.05) is 0 Å². The number of aliphatic hydroxyl groups is 1. The maximum atomic E-state index is 13.1. The molecule has 0 aliphatic carbocycles. The summed E-state index contributed by atoms with van der Waals surface area (Å²) in [6.45, 7) is 14.2. The lowest BCUT2D eigenvalue weighted by Crippen LogP contribution is -2.30. The second-order valence-corrected chi connectivity index (χ2v) is 31.0. The number of hydrogen-bond donors (Lipinski definition) is 3. The Morgan fingerprint density at radius 2 is 0.516 bits per heavy atom. The Labute approximate surface area is 568 Å². The van der Waals surface area contributed by atoms with E-state index in [9.17, 15) is 43.2 Å². The van der Waals surface area contributed by atoms with E-state index in [0.717, 1.165) is 114 Å². The zero-order valence-electron chi connectivity index (χ0n) is 60.9. The van der Waals surface area contributed by atoms with Crippen LogP contribution in [0.3, 0.4) is 0 Å². The highest BCUT2D eigenvalue weighted by Crippen LogP contribution is 2.45. The highest BCUT2D eigenvalue weighted by molar-refractivity contribution is 7.47. The van der Waals surface area contributed by atoms with Gasteiger partial charge in [0.05, 0.1) is 26.4 Å². The van der Waals surface area contributed by atoms with Crippen molar-refractivity contribution in [2.75, 3.05) is 39.6 Å². The van der Waals surface area contributed by atoms with Gasteiger partial charge in [-0.2, -0.15) is 0 Å². The molecule has 0 heterocycles. The number of esters is 4. The lowest BCUT2D eigenvalue weighted by Gasteiger charge is -2.21. The predicted octanol–water partition coefficient (Wildman–Crippen LogP) is 21.3. The van der Waals surface area contributed by atoms with Gasteiger partial charge in [0.1, 0.15) is 19.3 Å². The lowest BCUT2D eigenvalue weighted by molar-refractivity contribution is -0.161. The van der Waals surface area contributed by atoms with Crippen LogP contribution in [0.25, 0.3) is 0 Å². The van der Waals surface area contributed by atoms with Gasteiger partial charge in [0.15, 0.2) is 12.2 Å². The first-order valence-corrected chi connectivity index (χ1v) is 41.3. The third-order valence-electron chi connectivity index (χ3n) is 17.8. The molecule has 0 saturated carbocycles. The van der Waals surface area contributed by atoms with E-state index in [1.54, 1.807) is 0 Å². The fourth-order valence-electron chi connectivity index (χ4n) is 11.1. The van der Waals surface area contributed by atoms with Crippen molar-refractivity contribution < 1.29 is 80.2 Å². The molecule has 0 aromatic heterocycles. The molecule has 0 aliphatic heterocycles. The second-order valence-electron chi connectivity index (χ2n) is 28.1. The van der Waals surface area contributed by atoms with Gasteiger partial charge in [-0.1, -0.05) is 319 Å². The van der Waals surface area contributed by atoms with E-state index < -0.39 is 97.5 Å². The molecule has 0 saturated heterocycles. The zero-order valence-corrected chi connectivity index (χ0v) is 62.7. The fraction of sp³-hybridized carbons (Fsp3) is 0.946. The molecule has 0 bridgehead atoms. The van der Waals surface area contributed by atoms with E-state index in [1.165, 1.54) is 173 Å². The summed E-state index contributed by atoms with van der Waals surface area (Å²) in [5.41, 5.74) is 0. The Morgan fingerprint density at radius 1 is 0.301 bits per heavy atom. The van der Waals surface area contributed by atoms with Crippen LogP contribution in [0.1, 0.15) is 370 Å². The van der Waals surface area contributed by atoms with Crippen molar-refractivity contribution in [1.29, 1.82) is 0 Å². The van der Waals surface area contributed by atoms with E-state index in [2.05, 4.69) is 55.4 Å². The Morgan fingerprint density at radius 3 is 0.763 bits per heavy atom. The van der Waals surface area contributed by atoms with Gasteiger partial charge in [0, 0.05) is 25.7 Å². The largest absolute Gasteiger partial charge is 0.472 e. The number of unbranched alkanes of at least 4 members (excludes halogenated alkanes) is 35. The van der Waals surface area contributed by atoms with Crippen molar-refractivity contribution in [3.8, 4) is 0 Å². The smallest absolute Gasteiger partial charge is 0.462 e. The summed E-state index contributed by atoms with van der Waals surface area (Å²) >= 11 is 0. The van der Waals surface area contributed by atoms with E-state index >= 15 is 0 Å². The molecule has 3 N–H and O–H groups in total. The van der Waals surface area contributed by atoms with Gasteiger partial charge in [-0.05, 0) is 49.4 Å². The molecule has 552 valence electrons. The minimum atomic E-state index is -4.96. The summed E-state index contributed by atoms with van der Waals surface area (Å²) in [6.07, 6.45) is 47.1. The highest BCUT2D eigenvalue weighted by atomic mass is 31.2. The number of carbonyl (C=O) groups is 4. The van der Waals surface area contributed by atoms with E-state index in [0.29, 0.717) is 25.7 Å². The summed E-state index contributed by atoms with van der Waals surface area (Å²) in [5, 5.41) is 10.6. The molecule has 19 heteroatoms. The maximum Gasteiger partial charge on any atom is 0.472 e. The Balaban J connectivity index is 5.23. The number of phosphoric ester groups is 2. The van der Waals surface area contributed by atoms with Gasteiger partial charge in [-0.15, -0.1) is 0 Å². The average molecular weight is 1370 g/mol. The molecular formula is C74H144O17P2. The van der Waals surface area contributed by atoms with Crippen LogP contribution in [0.4, 0.5) is 0 Å². The van der Waals surface area contributed by atoms with Gasteiger partial charge in [0.2, 0.25) is 0 Å². The third kappa shape index (κ3) is 65.8. The van der Waals surface area contributed by atoms with Crippen LogP contribution >= 0.6 is 15.6 Å². The molecule has 0 fully saturated rings. The van der Waals surface area contributed by atoms with Gasteiger partial charge < -0.3 is 33.8 Å². The number of phosphoric acid groups is 2. The van der Waals surface area contributed by atoms with Crippen LogP contribution in [0.2, 0.25) is 0 Å². The van der Waals surface area contributed by atoms with Crippen LogP contribution < -0.4 is 0 Å². The minimum Gasteiger partial charge on any atom is -0.462 e. The molecule has 0 aromatic rings. The first-order valence-electron chi connectivity index (χ1n) is 38.3. The highest BCUT2D eigenvalue weighted by Gasteiger charge is 2.30. The standard InChI is InChI=1S/C74H144O17P2/c1-9-66(7)52-44-36-28-19-15-13-11-12-14-16-20-30-38-46-54-71(76)84-60-70(91-74(79)57-49-41-33-25-23-29-37-45-53-67(8)10-2)63-89-93(82,83)87-59-68(75)58-86-92(80,81)88-62-69(61-85-72(77)55-47-39-31-24-22-27-35-43-51-65(5)6)90-73(78)56-48-40-32-21-17-18-26-34-42-50-64(3)4/h64-70,75H,9-63H2,1-8H3,(H,80,81)(H,82,83)/t66?,67?,68?,69-,70-/m1/s1. The summed E-state index contributed by atoms with van der Waals surface area (Å²) < 4.78 is 68.4. The quantitative estimate of drug-likeness (QED) is 0.0222. The van der Waals surface area contributed by atoms with Gasteiger partial charge >= 0.3 is 39.5 Å². The Hall–Kier alpha value is -1.94. The fourth-order valence-corrected chi connectivity index (χ4v) is 12.7. The van der Waals surface area contributed by atoms with Crippen molar-refractivity contribution in [3.63, 3.8) is 0 Å². The van der Waals surface area contributed by atoms with Crippen molar-refractivity contribution in [2.45, 2.75) is 388 Å². The van der Waals surface area contributed by atoms with Crippen LogP contribution in [-0.4, -0.2) is 96.7 Å². The van der Waals surface area contributed by atoms with Gasteiger partial charge in [0.25, 0.3) is 0 Å². The molecule has 5 unspecified atom stereocenters. The van der Waals surface area contributed by atoms with Gasteiger partial charge in [-0.3, -0.25) is 37.3 Å². The molecule has 0 aliphatic rings. The third-order valence-corrected chi connectivity index (χ3v) is 19.7. The summed E-state index contributed by atoms with van der Waals surface area (Å²) in [6, 6.07) is 0. The lowest BCUT2D eigenvalue weighted by atomic mass is 9.99. The Kier molecular flexibility index (Phi) is 62.2. The predicted molar refractivity (Wildman–Crippen MR) is 377 cm³/mol. The number of aliphatic hydroxyl groups excluding tert-OH is 1. The summed E-state index contributed by atoms with van der Waals surface area (Å²) in [5.74, 6) is 0.956. The topological polar surface area (TPSA) is 237 Å². The molecule has 0 rings (SSSR count). The molecule has 93 heavy (non-hydrogen) atoms. The van der Waals surface area contributed by atoms with E-state index in [-0.39, 0.29) is 25.7 Å². The molecule has 0 radical (unpaired) electrons. The van der Waals surface area contributed by atoms with E-state index in [4.69, 9.17) is 37.0 Å². The van der Waals surface area contributed by atoms with Crippen molar-refractivity contribution in [1.82, 2.24) is 0 Å². The van der Waals surface area contributed by atoms with Crippen LogP contribution in [0, 0.1) is 23.7 Å². The van der Waals surface area contributed by atoms with Crippen molar-refractivity contribution in [2.24, 2.45) is 23.7 Å². The molecule has 0 aromatic carbocycles. The molecule has 17 nitrogen and oxygen atoms in total. The number of carbonyl (C=O) groups excluding carboxylic acids is 4. The van der Waals surface area contributed by atoms with Crippen molar-refractivity contribution in [3.05, 3.63) is 0 Å². The monoisotopic (exact) mass is 1370 g/mol. The first kappa shape index (κ1) is 91.1. The SMILES string of the molecule is CCC(C)CCCCCCCCCCCCCCCCC(=O)OC[C@H](COP(=O)(O)OCC(O)COP(=O)(O)OC[C@@H](COC(=O)CCCCCCCCCCC(C)C)OC(=O)CCCCCCCCCCCC(C)C)OC(=O)CCCCCCCCCCC(C)CC. The summed E-state index contributed by atoms with van der Waals surface area (Å²) in [4.78, 5) is 72.7. The zero-order chi connectivity index (χ0) is 68.9. The van der Waals surface area contributed by atoms with Crippen LogP contribution in [0.15, 0.2) is 0 Å². The minimum absolute atomic E-state index is 0.104. The number of ether oxygens (including phenoxy) is 4. The molecular weight excluding hydrogens is 1220 g/mol. The molecule has 0 amide bonds. The second kappa shape index (κ2) is 63.5. The first-order chi connectivity index (χ1) is 44.7. The van der Waals surface area contributed by atoms with Crippen LogP contribution in [0.5, 0.6) is 0 Å². The normalized spacial score (nSPS) is 14.8. The maximum absolute atomic E-state index is 13.1. The Bertz CT molecular complexity index is 1840. The number of hydrogen-bond acceptors (Lipinski definition) is 15. The molecule has 0 spiro atoms. The molecule has 7 atom stereocenters. The van der Waals surface area contributed by atoms with Crippen LogP contribution in [-0.2, 0) is 65.4 Å². The summed E-state index contributed by atoms with van der Waals surface area (Å²) in [7, 11) is -9.91. The van der Waals surface area contributed by atoms with Gasteiger partial charge in [-0.25, -0.2) is 9.13 Å². The number of rotatable bonds is 71. The van der Waals surface area contributed by atoms with Crippen molar-refractivity contribution >= 4 is 39.5 Å². The average Bonchev–Trinajstić information content (AvgIpc) is 1.74.